The van der Waals surface area contributed by atoms with Crippen molar-refractivity contribution in [2.45, 2.75) is 23.7 Å². The van der Waals surface area contributed by atoms with E-state index < -0.39 is 16.0 Å². The molecule has 2 aromatic carbocycles. The molecule has 0 fully saturated rings. The van der Waals surface area contributed by atoms with E-state index in [1.54, 1.807) is 0 Å². The maximum atomic E-state index is 12.5. The summed E-state index contributed by atoms with van der Waals surface area (Å²) in [4.78, 5) is 17.7. The highest BCUT2D eigenvalue weighted by Gasteiger charge is 2.33. The molecule has 1 aliphatic heterocycles. The van der Waals surface area contributed by atoms with E-state index in [1.807, 2.05) is 25.2 Å². The Balaban J connectivity index is 1.51. The number of nitrogens with one attached hydrogen (secondary N) is 1. The minimum Gasteiger partial charge on any atom is -0.465 e. The monoisotopic (exact) mass is 485 g/mol. The minimum atomic E-state index is -3.75. The summed E-state index contributed by atoms with van der Waals surface area (Å²) in [5.41, 5.74) is 4.38. The number of carbonyl (C=O) groups excluding carboxylic acids is 1. The zero-order valence-corrected chi connectivity index (χ0v) is 20.5. The predicted molar refractivity (Wildman–Crippen MR) is 131 cm³/mol. The highest BCUT2D eigenvalue weighted by Crippen LogP contribution is 2.37. The second kappa shape index (κ2) is 9.64. The van der Waals surface area contributed by atoms with Gasteiger partial charge in [-0.25, -0.2) is 17.9 Å². The van der Waals surface area contributed by atoms with Gasteiger partial charge in [0.05, 0.1) is 12.7 Å². The Morgan fingerprint density at radius 2 is 1.79 bits per heavy atom. The van der Waals surface area contributed by atoms with E-state index in [-0.39, 0.29) is 9.77 Å². The van der Waals surface area contributed by atoms with Crippen molar-refractivity contribution in [2.75, 3.05) is 32.6 Å². The fourth-order valence-corrected chi connectivity index (χ4v) is 6.80. The molecule has 0 aliphatic carbocycles. The van der Waals surface area contributed by atoms with Crippen LogP contribution in [0.5, 0.6) is 0 Å². The average Bonchev–Trinajstić information content (AvgIpc) is 3.24. The first kappa shape index (κ1) is 23.4. The number of rotatable bonds is 7. The lowest BCUT2D eigenvalue weighted by molar-refractivity contribution is 0.0595. The van der Waals surface area contributed by atoms with Crippen molar-refractivity contribution in [3.05, 3.63) is 76.2 Å². The van der Waals surface area contributed by atoms with E-state index in [0.29, 0.717) is 13.0 Å². The van der Waals surface area contributed by atoms with E-state index in [0.717, 1.165) is 46.2 Å². The second-order valence-electron chi connectivity index (χ2n) is 7.89. The number of thiophene rings is 1. The Morgan fingerprint density at radius 1 is 1.12 bits per heavy atom. The molecule has 1 N–H and O–H groups in total. The van der Waals surface area contributed by atoms with Crippen LogP contribution < -0.4 is 9.62 Å². The molecule has 4 rings (SSSR count). The molecular weight excluding hydrogens is 458 g/mol. The van der Waals surface area contributed by atoms with Crippen LogP contribution in [0.25, 0.3) is 0 Å². The first-order valence-corrected chi connectivity index (χ1v) is 12.9. The molecule has 7 nitrogen and oxygen atoms in total. The Labute approximate surface area is 198 Å². The first-order valence-electron chi connectivity index (χ1n) is 10.6. The van der Waals surface area contributed by atoms with E-state index in [1.165, 1.54) is 19.7 Å². The van der Waals surface area contributed by atoms with Crippen molar-refractivity contribution in [1.82, 2.24) is 9.62 Å². The zero-order chi connectivity index (χ0) is 23.6. The van der Waals surface area contributed by atoms with E-state index >= 15 is 0 Å². The normalized spacial score (nSPS) is 14.0. The molecular formula is C24H27N3O4S2. The van der Waals surface area contributed by atoms with E-state index in [4.69, 9.17) is 4.74 Å². The largest absolute Gasteiger partial charge is 0.465 e. The number of hydrogen-bond acceptors (Lipinski definition) is 7. The van der Waals surface area contributed by atoms with Crippen LogP contribution in [0, 0.1) is 0 Å². The summed E-state index contributed by atoms with van der Waals surface area (Å²) in [6, 6.07) is 18.7. The molecule has 0 bridgehead atoms. The second-order valence-corrected chi connectivity index (χ2v) is 11.1. The van der Waals surface area contributed by atoms with Gasteiger partial charge in [0.15, 0.2) is 0 Å². The molecule has 174 valence electrons. The van der Waals surface area contributed by atoms with Gasteiger partial charge in [-0.05, 0) is 48.9 Å². The van der Waals surface area contributed by atoms with Crippen molar-refractivity contribution in [3.63, 3.8) is 0 Å². The number of carbonyl (C=O) groups is 1. The number of esters is 1. The van der Waals surface area contributed by atoms with Gasteiger partial charge in [-0.1, -0.05) is 30.3 Å². The number of methoxy groups -OCH3 is 1. The van der Waals surface area contributed by atoms with E-state index in [2.05, 4.69) is 50.9 Å². The van der Waals surface area contributed by atoms with Crippen LogP contribution in [0.2, 0.25) is 0 Å². The number of hydrogen-bond donors (Lipinski definition) is 1. The molecule has 9 heteroatoms. The number of fused-ring (bicyclic) bond motifs is 1. The van der Waals surface area contributed by atoms with Crippen LogP contribution in [0.1, 0.15) is 26.4 Å². The average molecular weight is 486 g/mol. The van der Waals surface area contributed by atoms with Gasteiger partial charge >= 0.3 is 5.97 Å². The number of anilines is 2. The third-order valence-corrected chi connectivity index (χ3v) is 9.03. The Bertz CT molecular complexity index is 1240. The number of para-hydroxylation sites is 1. The summed E-state index contributed by atoms with van der Waals surface area (Å²) in [5, 5.41) is 0. The lowest BCUT2D eigenvalue weighted by atomic mass is 10.0. The zero-order valence-electron chi connectivity index (χ0n) is 18.9. The maximum Gasteiger partial charge on any atom is 0.340 e. The maximum absolute atomic E-state index is 12.5. The van der Waals surface area contributed by atoms with Crippen molar-refractivity contribution in [2.24, 2.45) is 0 Å². The fourth-order valence-electron chi connectivity index (χ4n) is 4.04. The summed E-state index contributed by atoms with van der Waals surface area (Å²) >= 11 is 1.16. The number of benzene rings is 2. The van der Waals surface area contributed by atoms with E-state index in [9.17, 15) is 13.2 Å². The van der Waals surface area contributed by atoms with Gasteiger partial charge in [-0.3, -0.25) is 4.90 Å². The fraction of sp³-hybridized carbons (Fsp3) is 0.292. The van der Waals surface area contributed by atoms with Crippen molar-refractivity contribution < 1.29 is 17.9 Å². The van der Waals surface area contributed by atoms with Gasteiger partial charge in [-0.15, -0.1) is 11.3 Å². The van der Waals surface area contributed by atoms with Crippen LogP contribution >= 0.6 is 11.3 Å². The first-order chi connectivity index (χ1) is 15.8. The van der Waals surface area contributed by atoms with Crippen LogP contribution in [0.4, 0.5) is 11.4 Å². The lowest BCUT2D eigenvalue weighted by Crippen LogP contribution is -2.30. The number of nitrogens with zero attached hydrogens (tertiary/aromatic N) is 2. The summed E-state index contributed by atoms with van der Waals surface area (Å²) in [6.07, 6.45) is 0.602. The third-order valence-electron chi connectivity index (χ3n) is 5.88. The van der Waals surface area contributed by atoms with Gasteiger partial charge < -0.3 is 9.64 Å². The molecule has 1 aromatic heterocycles. The topological polar surface area (TPSA) is 78.9 Å². The Kier molecular flexibility index (Phi) is 6.85. The molecule has 0 unspecified atom stereocenters. The summed E-state index contributed by atoms with van der Waals surface area (Å²) in [5.74, 6) is -0.604. The molecule has 3 aromatic rings. The number of sulfonamides is 1. The van der Waals surface area contributed by atoms with Crippen LogP contribution in [0.15, 0.2) is 58.8 Å². The molecule has 0 amide bonds. The van der Waals surface area contributed by atoms with Crippen molar-refractivity contribution in [3.8, 4) is 0 Å². The van der Waals surface area contributed by atoms with Gasteiger partial charge in [0.2, 0.25) is 0 Å². The van der Waals surface area contributed by atoms with Crippen LogP contribution in [-0.2, 0) is 34.3 Å². The summed E-state index contributed by atoms with van der Waals surface area (Å²) in [7, 11) is 0.920. The highest BCUT2D eigenvalue weighted by atomic mass is 32.2. The van der Waals surface area contributed by atoms with Crippen molar-refractivity contribution in [1.29, 1.82) is 0 Å². The Morgan fingerprint density at radius 3 is 2.42 bits per heavy atom. The third kappa shape index (κ3) is 4.81. The SMILES string of the molecule is CNS(=O)(=O)c1sc2c(c1C(=O)OC)CCN(Cc1ccc(N(C)c3ccccc3)cc1)C2. The van der Waals surface area contributed by atoms with Gasteiger partial charge in [0, 0.05) is 42.9 Å². The smallest absolute Gasteiger partial charge is 0.340 e. The predicted octanol–water partition coefficient (Wildman–Crippen LogP) is 3.77. The summed E-state index contributed by atoms with van der Waals surface area (Å²) in [6.45, 7) is 2.07. The molecule has 2 heterocycles. The molecule has 0 radical (unpaired) electrons. The molecule has 0 saturated heterocycles. The van der Waals surface area contributed by atoms with Gasteiger partial charge in [-0.2, -0.15) is 0 Å². The molecule has 1 aliphatic rings. The number of ether oxygens (including phenoxy) is 1. The standard InChI is InChI=1S/C24H27N3O4S2/c1-25-33(29,30)24-22(23(28)31-3)20-13-14-27(16-21(20)32-24)15-17-9-11-19(12-10-17)26(2)18-7-5-4-6-8-18/h4-12,25H,13-16H2,1-3H3. The van der Waals surface area contributed by atoms with Gasteiger partial charge in [0.25, 0.3) is 10.0 Å². The molecule has 0 saturated carbocycles. The van der Waals surface area contributed by atoms with Crippen LogP contribution in [-0.4, -0.2) is 47.0 Å². The van der Waals surface area contributed by atoms with Crippen LogP contribution in [0.3, 0.4) is 0 Å². The quantitative estimate of drug-likeness (QED) is 0.514. The summed E-state index contributed by atoms with van der Waals surface area (Å²) < 4.78 is 32.2. The highest BCUT2D eigenvalue weighted by molar-refractivity contribution is 7.91. The minimum absolute atomic E-state index is 0.0389. The van der Waals surface area contributed by atoms with Crippen molar-refractivity contribution >= 4 is 38.7 Å². The molecule has 0 spiro atoms. The Hall–Kier alpha value is -2.72. The lowest BCUT2D eigenvalue weighted by Gasteiger charge is -2.27. The molecule has 33 heavy (non-hydrogen) atoms. The van der Waals surface area contributed by atoms with Gasteiger partial charge in [0.1, 0.15) is 4.21 Å². The molecule has 0 atom stereocenters.